The molecule has 0 saturated carbocycles. The van der Waals surface area contributed by atoms with Crippen LogP contribution >= 0.6 is 11.8 Å². The number of hydrogen-bond donors (Lipinski definition) is 2. The minimum atomic E-state index is -1.01. The Morgan fingerprint density at radius 1 is 1.35 bits per heavy atom. The molecular formula is C16H19N3O3S. The van der Waals surface area contributed by atoms with Crippen LogP contribution in [0.25, 0.3) is 6.08 Å². The summed E-state index contributed by atoms with van der Waals surface area (Å²) < 4.78 is 5.37. The van der Waals surface area contributed by atoms with Gasteiger partial charge in [-0.1, -0.05) is 19.1 Å². The average molecular weight is 333 g/mol. The average Bonchev–Trinajstić information content (AvgIpc) is 2.96. The van der Waals surface area contributed by atoms with Crippen LogP contribution in [-0.4, -0.2) is 32.9 Å². The molecule has 2 rings (SSSR count). The van der Waals surface area contributed by atoms with E-state index in [9.17, 15) is 9.90 Å². The first-order chi connectivity index (χ1) is 11.1. The largest absolute Gasteiger partial charge is 0.494 e. The summed E-state index contributed by atoms with van der Waals surface area (Å²) in [5.41, 5.74) is 0.780. The first kappa shape index (κ1) is 17.1. The molecule has 2 aromatic rings. The summed E-state index contributed by atoms with van der Waals surface area (Å²) in [4.78, 5) is 15.9. The number of carbonyl (C=O) groups is 1. The van der Waals surface area contributed by atoms with E-state index < -0.39 is 5.97 Å². The van der Waals surface area contributed by atoms with Crippen LogP contribution in [0.4, 0.5) is 0 Å². The number of benzene rings is 1. The highest BCUT2D eigenvalue weighted by Gasteiger charge is 2.13. The van der Waals surface area contributed by atoms with Crippen molar-refractivity contribution in [1.29, 1.82) is 0 Å². The molecule has 122 valence electrons. The normalized spacial score (nSPS) is 11.5. The maximum absolute atomic E-state index is 11.4. The number of aliphatic carboxylic acids is 1. The highest BCUT2D eigenvalue weighted by Crippen LogP contribution is 2.26. The van der Waals surface area contributed by atoms with Crippen LogP contribution in [0.2, 0.25) is 0 Å². The van der Waals surface area contributed by atoms with E-state index in [1.54, 1.807) is 6.08 Å². The molecule has 0 saturated heterocycles. The zero-order valence-electron chi connectivity index (χ0n) is 13.1. The molecule has 0 aliphatic rings. The molecule has 1 aromatic carbocycles. The number of nitrogens with one attached hydrogen (secondary N) is 1. The van der Waals surface area contributed by atoms with E-state index in [-0.39, 0.29) is 4.91 Å². The van der Waals surface area contributed by atoms with Crippen LogP contribution in [0.15, 0.2) is 34.3 Å². The third-order valence-corrected chi connectivity index (χ3v) is 3.78. The van der Waals surface area contributed by atoms with Gasteiger partial charge in [-0.25, -0.2) is 9.78 Å². The highest BCUT2D eigenvalue weighted by molar-refractivity contribution is 8.04. The van der Waals surface area contributed by atoms with Crippen molar-refractivity contribution in [3.05, 3.63) is 40.6 Å². The predicted octanol–water partition coefficient (Wildman–Crippen LogP) is 3.37. The molecule has 2 N–H and O–H groups in total. The highest BCUT2D eigenvalue weighted by atomic mass is 32.2. The fourth-order valence-corrected chi connectivity index (χ4v) is 2.61. The lowest BCUT2D eigenvalue weighted by molar-refractivity contribution is -0.131. The Morgan fingerprint density at radius 3 is 2.70 bits per heavy atom. The monoisotopic (exact) mass is 333 g/mol. The van der Waals surface area contributed by atoms with Gasteiger partial charge in [-0.05, 0) is 48.9 Å². The summed E-state index contributed by atoms with van der Waals surface area (Å²) in [6, 6.07) is 7.25. The fourth-order valence-electron chi connectivity index (χ4n) is 1.88. The first-order valence-corrected chi connectivity index (χ1v) is 8.21. The quantitative estimate of drug-likeness (QED) is 0.569. The molecule has 0 atom stereocenters. The van der Waals surface area contributed by atoms with Gasteiger partial charge in [-0.3, -0.25) is 5.10 Å². The molecule has 0 unspecified atom stereocenters. The number of rotatable bonds is 8. The van der Waals surface area contributed by atoms with Crippen molar-refractivity contribution in [2.45, 2.75) is 31.8 Å². The Balaban J connectivity index is 2.14. The number of aromatic amines is 1. The molecule has 0 aliphatic carbocycles. The standard InChI is InChI=1S/C16H19N3O3S/c1-3-5-14-17-16(19-18-14)23-13(15(20)21)10-11-6-8-12(9-7-11)22-4-2/h6-10H,3-5H2,1-2H3,(H,20,21)(H,17,18,19)/b13-10-. The summed E-state index contributed by atoms with van der Waals surface area (Å²) in [6.07, 6.45) is 3.34. The predicted molar refractivity (Wildman–Crippen MR) is 89.5 cm³/mol. The molecule has 1 aromatic heterocycles. The Labute approximate surface area is 139 Å². The van der Waals surface area contributed by atoms with E-state index in [1.165, 1.54) is 0 Å². The zero-order valence-corrected chi connectivity index (χ0v) is 13.9. The third-order valence-electron chi connectivity index (χ3n) is 2.90. The fraction of sp³-hybridized carbons (Fsp3) is 0.312. The van der Waals surface area contributed by atoms with Crippen molar-refractivity contribution in [2.24, 2.45) is 0 Å². The van der Waals surface area contributed by atoms with Gasteiger partial charge in [0.25, 0.3) is 0 Å². The second kappa shape index (κ2) is 8.38. The number of ether oxygens (including phenoxy) is 1. The summed E-state index contributed by atoms with van der Waals surface area (Å²) in [7, 11) is 0. The van der Waals surface area contributed by atoms with E-state index in [2.05, 4.69) is 15.2 Å². The third kappa shape index (κ3) is 5.14. The molecule has 0 amide bonds. The van der Waals surface area contributed by atoms with Gasteiger partial charge in [0, 0.05) is 6.42 Å². The van der Waals surface area contributed by atoms with E-state index in [0.717, 1.165) is 41.7 Å². The minimum Gasteiger partial charge on any atom is -0.494 e. The number of aromatic nitrogens is 3. The molecule has 6 nitrogen and oxygen atoms in total. The van der Waals surface area contributed by atoms with Gasteiger partial charge >= 0.3 is 5.97 Å². The van der Waals surface area contributed by atoms with Crippen LogP contribution in [0.5, 0.6) is 5.75 Å². The summed E-state index contributed by atoms with van der Waals surface area (Å²) in [6.45, 7) is 4.55. The lowest BCUT2D eigenvalue weighted by atomic mass is 10.2. The lowest BCUT2D eigenvalue weighted by Crippen LogP contribution is -1.97. The Bertz CT molecular complexity index is 680. The number of nitrogens with zero attached hydrogens (tertiary/aromatic N) is 2. The van der Waals surface area contributed by atoms with Gasteiger partial charge in [-0.2, -0.15) is 0 Å². The lowest BCUT2D eigenvalue weighted by Gasteiger charge is -2.03. The van der Waals surface area contributed by atoms with Crippen LogP contribution < -0.4 is 4.74 Å². The zero-order chi connectivity index (χ0) is 16.7. The van der Waals surface area contributed by atoms with Crippen LogP contribution in [0.3, 0.4) is 0 Å². The van der Waals surface area contributed by atoms with E-state index >= 15 is 0 Å². The van der Waals surface area contributed by atoms with E-state index in [1.807, 2.05) is 38.1 Å². The maximum Gasteiger partial charge on any atom is 0.342 e. The topological polar surface area (TPSA) is 88.1 Å². The van der Waals surface area contributed by atoms with Gasteiger partial charge in [-0.15, -0.1) is 5.10 Å². The molecular weight excluding hydrogens is 314 g/mol. The summed E-state index contributed by atoms with van der Waals surface area (Å²) >= 11 is 1.03. The molecule has 0 spiro atoms. The summed E-state index contributed by atoms with van der Waals surface area (Å²) in [5, 5.41) is 16.6. The molecule has 0 radical (unpaired) electrons. The van der Waals surface area contributed by atoms with E-state index in [4.69, 9.17) is 4.74 Å². The van der Waals surface area contributed by atoms with Crippen molar-refractivity contribution in [3.8, 4) is 5.75 Å². The molecule has 7 heteroatoms. The van der Waals surface area contributed by atoms with Crippen molar-refractivity contribution >= 4 is 23.8 Å². The number of carboxylic acid groups (broad SMARTS) is 1. The van der Waals surface area contributed by atoms with Crippen molar-refractivity contribution in [3.63, 3.8) is 0 Å². The molecule has 23 heavy (non-hydrogen) atoms. The van der Waals surface area contributed by atoms with Gasteiger partial charge < -0.3 is 9.84 Å². The number of aryl methyl sites for hydroxylation is 1. The smallest absolute Gasteiger partial charge is 0.342 e. The Morgan fingerprint density at radius 2 is 2.09 bits per heavy atom. The number of hydrogen-bond acceptors (Lipinski definition) is 5. The first-order valence-electron chi connectivity index (χ1n) is 7.39. The van der Waals surface area contributed by atoms with Gasteiger partial charge in [0.1, 0.15) is 16.5 Å². The molecule has 0 bridgehead atoms. The summed E-state index contributed by atoms with van der Waals surface area (Å²) in [5.74, 6) is 0.513. The SMILES string of the molecule is CCCc1nc(S/C(=C\c2ccc(OCC)cc2)C(=O)O)n[nH]1. The maximum atomic E-state index is 11.4. The number of thioether (sulfide) groups is 1. The minimum absolute atomic E-state index is 0.163. The van der Waals surface area contributed by atoms with E-state index in [0.29, 0.717) is 11.8 Å². The second-order valence-corrected chi connectivity index (χ2v) is 5.74. The van der Waals surface area contributed by atoms with Crippen LogP contribution in [-0.2, 0) is 11.2 Å². The van der Waals surface area contributed by atoms with Crippen LogP contribution in [0.1, 0.15) is 31.7 Å². The van der Waals surface area contributed by atoms with Gasteiger partial charge in [0.2, 0.25) is 5.16 Å². The second-order valence-electron chi connectivity index (χ2n) is 4.73. The number of carboxylic acids is 1. The van der Waals surface area contributed by atoms with Crippen molar-refractivity contribution in [1.82, 2.24) is 15.2 Å². The van der Waals surface area contributed by atoms with Gasteiger partial charge in [0.15, 0.2) is 0 Å². The Hall–Kier alpha value is -2.28. The van der Waals surface area contributed by atoms with Crippen LogP contribution in [0, 0.1) is 0 Å². The van der Waals surface area contributed by atoms with Crippen molar-refractivity contribution < 1.29 is 14.6 Å². The molecule has 0 fully saturated rings. The number of H-pyrrole nitrogens is 1. The van der Waals surface area contributed by atoms with Gasteiger partial charge in [0.05, 0.1) is 6.61 Å². The van der Waals surface area contributed by atoms with Crippen molar-refractivity contribution in [2.75, 3.05) is 6.61 Å². The molecule has 1 heterocycles. The molecule has 0 aliphatic heterocycles. The Kier molecular flexibility index (Phi) is 6.22.